The van der Waals surface area contributed by atoms with Gasteiger partial charge in [-0.3, -0.25) is 9.78 Å². The van der Waals surface area contributed by atoms with Crippen molar-refractivity contribution in [2.24, 2.45) is 5.92 Å². The van der Waals surface area contributed by atoms with Crippen LogP contribution in [0.3, 0.4) is 0 Å². The van der Waals surface area contributed by atoms with E-state index in [-0.39, 0.29) is 22.6 Å². The smallest absolute Gasteiger partial charge is 0.250 e. The van der Waals surface area contributed by atoms with Gasteiger partial charge in [0, 0.05) is 6.20 Å². The highest BCUT2D eigenvalue weighted by Crippen LogP contribution is 2.17. The van der Waals surface area contributed by atoms with E-state index < -0.39 is 16.1 Å². The van der Waals surface area contributed by atoms with Crippen molar-refractivity contribution < 1.29 is 13.2 Å². The van der Waals surface area contributed by atoms with Gasteiger partial charge in [0.15, 0.2) is 0 Å². The van der Waals surface area contributed by atoms with E-state index in [1.54, 1.807) is 43.6 Å². The second-order valence-corrected chi connectivity index (χ2v) is 8.20. The number of aromatic nitrogens is 1. The maximum atomic E-state index is 12.3. The van der Waals surface area contributed by atoms with Crippen LogP contribution in [0.4, 0.5) is 0 Å². The first-order valence-electron chi connectivity index (χ1n) is 7.13. The van der Waals surface area contributed by atoms with Gasteiger partial charge in [0.05, 0.1) is 12.2 Å². The first-order valence-corrected chi connectivity index (χ1v) is 9.50. The Morgan fingerprint density at radius 3 is 2.61 bits per heavy atom. The van der Waals surface area contributed by atoms with E-state index in [0.717, 1.165) is 11.3 Å². The molecule has 124 valence electrons. The van der Waals surface area contributed by atoms with Gasteiger partial charge in [-0.05, 0) is 29.5 Å². The van der Waals surface area contributed by atoms with Crippen LogP contribution in [0.25, 0.3) is 0 Å². The zero-order chi connectivity index (χ0) is 16.9. The fraction of sp³-hybridized carbons (Fsp3) is 0.333. The Morgan fingerprint density at radius 2 is 2.04 bits per heavy atom. The molecule has 2 heterocycles. The van der Waals surface area contributed by atoms with Crippen LogP contribution in [-0.4, -0.2) is 25.4 Å². The lowest BCUT2D eigenvalue weighted by molar-refractivity contribution is -0.123. The van der Waals surface area contributed by atoms with Crippen LogP contribution in [0.2, 0.25) is 0 Å². The molecule has 0 aromatic carbocycles. The molecule has 0 aliphatic carbocycles. The molecule has 0 unspecified atom stereocenters. The minimum atomic E-state index is -3.70. The van der Waals surface area contributed by atoms with Crippen molar-refractivity contribution in [1.29, 1.82) is 0 Å². The molecule has 0 bridgehead atoms. The maximum absolute atomic E-state index is 12.3. The molecule has 0 radical (unpaired) electrons. The summed E-state index contributed by atoms with van der Waals surface area (Å²) in [4.78, 5) is 16.5. The van der Waals surface area contributed by atoms with Crippen molar-refractivity contribution in [2.45, 2.75) is 30.6 Å². The van der Waals surface area contributed by atoms with Crippen molar-refractivity contribution in [2.75, 3.05) is 0 Å². The Labute approximate surface area is 140 Å². The summed E-state index contributed by atoms with van der Waals surface area (Å²) in [5.74, 6) is -0.556. The van der Waals surface area contributed by atoms with Gasteiger partial charge in [-0.2, -0.15) is 4.72 Å². The SMILES string of the molecule is CC(C)[C@H](NS(=O)(=O)c1cccs1)C(=O)NCc1ccccn1. The summed E-state index contributed by atoms with van der Waals surface area (Å²) in [5, 5.41) is 4.40. The van der Waals surface area contributed by atoms with Crippen LogP contribution in [0.5, 0.6) is 0 Å². The van der Waals surface area contributed by atoms with E-state index >= 15 is 0 Å². The monoisotopic (exact) mass is 353 g/mol. The number of sulfonamides is 1. The van der Waals surface area contributed by atoms with Crippen LogP contribution >= 0.6 is 11.3 Å². The number of nitrogens with zero attached hydrogens (tertiary/aromatic N) is 1. The summed E-state index contributed by atoms with van der Waals surface area (Å²) in [6.07, 6.45) is 1.64. The Hall–Kier alpha value is -1.77. The molecule has 2 N–H and O–H groups in total. The number of carbonyl (C=O) groups is 1. The molecule has 1 amide bonds. The average Bonchev–Trinajstić information content (AvgIpc) is 3.06. The highest BCUT2D eigenvalue weighted by Gasteiger charge is 2.28. The van der Waals surface area contributed by atoms with E-state index in [0.29, 0.717) is 5.69 Å². The zero-order valence-electron chi connectivity index (χ0n) is 12.9. The van der Waals surface area contributed by atoms with Crippen molar-refractivity contribution in [3.05, 3.63) is 47.6 Å². The Morgan fingerprint density at radius 1 is 1.26 bits per heavy atom. The number of amides is 1. The van der Waals surface area contributed by atoms with Crippen LogP contribution in [0.1, 0.15) is 19.5 Å². The van der Waals surface area contributed by atoms with Gasteiger partial charge in [0.2, 0.25) is 5.91 Å². The molecule has 0 saturated heterocycles. The highest BCUT2D eigenvalue weighted by atomic mass is 32.2. The Balaban J connectivity index is 2.05. The molecule has 2 rings (SSSR count). The average molecular weight is 353 g/mol. The third kappa shape index (κ3) is 4.85. The quantitative estimate of drug-likeness (QED) is 0.794. The van der Waals surface area contributed by atoms with Crippen LogP contribution in [0.15, 0.2) is 46.1 Å². The number of thiophene rings is 1. The van der Waals surface area contributed by atoms with Crippen LogP contribution in [-0.2, 0) is 21.4 Å². The Kier molecular flexibility index (Phi) is 5.86. The van der Waals surface area contributed by atoms with Gasteiger partial charge >= 0.3 is 0 Å². The predicted octanol–water partition coefficient (Wildman–Crippen LogP) is 1.76. The lowest BCUT2D eigenvalue weighted by atomic mass is 10.1. The topological polar surface area (TPSA) is 88.2 Å². The molecular weight excluding hydrogens is 334 g/mol. The summed E-state index contributed by atoms with van der Waals surface area (Å²) in [5.41, 5.74) is 0.712. The summed E-state index contributed by atoms with van der Waals surface area (Å²) in [7, 11) is -3.70. The molecule has 8 heteroatoms. The van der Waals surface area contributed by atoms with Gasteiger partial charge in [-0.15, -0.1) is 11.3 Å². The fourth-order valence-corrected chi connectivity index (χ4v) is 4.28. The van der Waals surface area contributed by atoms with Crippen molar-refractivity contribution in [1.82, 2.24) is 15.0 Å². The normalized spacial score (nSPS) is 13.0. The maximum Gasteiger partial charge on any atom is 0.250 e. The Bertz CT molecular complexity index is 729. The number of carbonyl (C=O) groups excluding carboxylic acids is 1. The number of hydrogen-bond donors (Lipinski definition) is 2. The molecular formula is C15H19N3O3S2. The molecule has 6 nitrogen and oxygen atoms in total. The second kappa shape index (κ2) is 7.67. The molecule has 2 aromatic heterocycles. The van der Waals surface area contributed by atoms with Crippen molar-refractivity contribution >= 4 is 27.3 Å². The lowest BCUT2D eigenvalue weighted by Gasteiger charge is -2.21. The molecule has 1 atom stereocenters. The molecule has 0 fully saturated rings. The molecule has 0 aliphatic heterocycles. The predicted molar refractivity (Wildman–Crippen MR) is 89.4 cm³/mol. The van der Waals surface area contributed by atoms with Gasteiger partial charge in [-0.25, -0.2) is 8.42 Å². The number of pyridine rings is 1. The van der Waals surface area contributed by atoms with E-state index in [4.69, 9.17) is 0 Å². The van der Waals surface area contributed by atoms with E-state index in [2.05, 4.69) is 15.0 Å². The molecule has 23 heavy (non-hydrogen) atoms. The van der Waals surface area contributed by atoms with Gasteiger partial charge in [0.25, 0.3) is 10.0 Å². The summed E-state index contributed by atoms with van der Waals surface area (Å²) < 4.78 is 27.3. The highest BCUT2D eigenvalue weighted by molar-refractivity contribution is 7.91. The standard InChI is InChI=1S/C15H19N3O3S2/c1-11(2)14(18-23(20,21)13-7-5-9-22-13)15(19)17-10-12-6-3-4-8-16-12/h3-9,11,14,18H,10H2,1-2H3,(H,17,19)/t14-/m0/s1. The lowest BCUT2D eigenvalue weighted by Crippen LogP contribution is -2.49. The first-order chi connectivity index (χ1) is 10.9. The third-order valence-electron chi connectivity index (χ3n) is 3.16. The molecule has 2 aromatic rings. The minimum absolute atomic E-state index is 0.187. The van der Waals surface area contributed by atoms with Crippen molar-refractivity contribution in [3.8, 4) is 0 Å². The molecule has 0 saturated carbocycles. The summed E-state index contributed by atoms with van der Waals surface area (Å²) >= 11 is 1.11. The second-order valence-electron chi connectivity index (χ2n) is 5.31. The van der Waals surface area contributed by atoms with Gasteiger partial charge < -0.3 is 5.32 Å². The van der Waals surface area contributed by atoms with Gasteiger partial charge in [-0.1, -0.05) is 26.0 Å². The fourth-order valence-electron chi connectivity index (χ4n) is 1.92. The number of nitrogens with one attached hydrogen (secondary N) is 2. The van der Waals surface area contributed by atoms with Crippen LogP contribution < -0.4 is 10.0 Å². The molecule has 0 spiro atoms. The van der Waals surface area contributed by atoms with E-state index in [1.165, 1.54) is 6.07 Å². The van der Waals surface area contributed by atoms with Crippen LogP contribution in [0, 0.1) is 5.92 Å². The summed E-state index contributed by atoms with van der Waals surface area (Å²) in [6, 6.07) is 7.73. The third-order valence-corrected chi connectivity index (χ3v) is 6.00. The minimum Gasteiger partial charge on any atom is -0.349 e. The zero-order valence-corrected chi connectivity index (χ0v) is 14.5. The van der Waals surface area contributed by atoms with E-state index in [9.17, 15) is 13.2 Å². The largest absolute Gasteiger partial charge is 0.349 e. The number of hydrogen-bond acceptors (Lipinski definition) is 5. The summed E-state index contributed by atoms with van der Waals surface area (Å²) in [6.45, 7) is 3.84. The van der Waals surface area contributed by atoms with Gasteiger partial charge in [0.1, 0.15) is 10.3 Å². The van der Waals surface area contributed by atoms with E-state index in [1.807, 2.05) is 6.07 Å². The molecule has 0 aliphatic rings. The first kappa shape index (κ1) is 17.6. The number of rotatable bonds is 7. The van der Waals surface area contributed by atoms with Crippen molar-refractivity contribution in [3.63, 3.8) is 0 Å².